The molecule has 0 spiro atoms. The molecular formula is C24H28Br2Si2. The Kier molecular flexibility index (Phi) is 6.26. The lowest BCUT2D eigenvalue weighted by atomic mass is 9.99. The lowest BCUT2D eigenvalue weighted by Gasteiger charge is -2.19. The van der Waals surface area contributed by atoms with E-state index in [1.807, 2.05) is 0 Å². The van der Waals surface area contributed by atoms with E-state index < -0.39 is 16.1 Å². The molecule has 0 heterocycles. The quantitative estimate of drug-likeness (QED) is 0.303. The molecule has 0 aliphatic heterocycles. The minimum Gasteiger partial charge on any atom is -0.0656 e. The van der Waals surface area contributed by atoms with Gasteiger partial charge in [-0.3, -0.25) is 0 Å². The van der Waals surface area contributed by atoms with Crippen LogP contribution in [-0.2, 0) is 0 Å². The second kappa shape index (κ2) is 8.06. The van der Waals surface area contributed by atoms with Gasteiger partial charge in [0.15, 0.2) is 0 Å². The molecule has 4 heteroatoms. The molecule has 0 nitrogen and oxygen atoms in total. The third kappa shape index (κ3) is 5.15. The summed E-state index contributed by atoms with van der Waals surface area (Å²) in [6.07, 6.45) is 0. The van der Waals surface area contributed by atoms with Crippen molar-refractivity contribution in [1.29, 1.82) is 0 Å². The molecule has 0 saturated carbocycles. The van der Waals surface area contributed by atoms with Crippen molar-refractivity contribution in [1.82, 2.24) is 0 Å². The van der Waals surface area contributed by atoms with Gasteiger partial charge >= 0.3 is 0 Å². The maximum Gasteiger partial charge on any atom is 0.0776 e. The molecule has 0 aromatic heterocycles. The van der Waals surface area contributed by atoms with Gasteiger partial charge in [-0.05, 0) is 52.6 Å². The zero-order valence-corrected chi connectivity index (χ0v) is 22.7. The van der Waals surface area contributed by atoms with Gasteiger partial charge in [-0.2, -0.15) is 0 Å². The fraction of sp³-hybridized carbons (Fsp3) is 0.250. The first-order valence-corrected chi connectivity index (χ1v) is 18.2. The SMILES string of the molecule is C[Si](C)(C)c1cc(Br)cc(-c2cccc(-c3cc(Br)cc([Si](C)(C)C)c3)c2)c1. The van der Waals surface area contributed by atoms with Crippen LogP contribution in [0.1, 0.15) is 0 Å². The van der Waals surface area contributed by atoms with Crippen molar-refractivity contribution < 1.29 is 0 Å². The Bertz CT molecular complexity index is 933. The molecule has 0 radical (unpaired) electrons. The van der Waals surface area contributed by atoms with E-state index in [2.05, 4.69) is 132 Å². The molecule has 0 fully saturated rings. The van der Waals surface area contributed by atoms with E-state index in [4.69, 9.17) is 0 Å². The second-order valence-corrected chi connectivity index (χ2v) is 21.5. The zero-order valence-electron chi connectivity index (χ0n) is 17.5. The summed E-state index contributed by atoms with van der Waals surface area (Å²) in [6, 6.07) is 22.7. The van der Waals surface area contributed by atoms with Gasteiger partial charge in [0.05, 0.1) is 16.1 Å². The van der Waals surface area contributed by atoms with E-state index in [9.17, 15) is 0 Å². The highest BCUT2D eigenvalue weighted by Gasteiger charge is 2.19. The average molecular weight is 532 g/mol. The van der Waals surface area contributed by atoms with E-state index in [-0.39, 0.29) is 0 Å². The minimum absolute atomic E-state index is 1.16. The monoisotopic (exact) mass is 530 g/mol. The van der Waals surface area contributed by atoms with Crippen LogP contribution in [-0.4, -0.2) is 16.1 Å². The van der Waals surface area contributed by atoms with Crippen LogP contribution in [0, 0.1) is 0 Å². The van der Waals surface area contributed by atoms with Crippen LogP contribution in [0.15, 0.2) is 69.6 Å². The molecular weight excluding hydrogens is 504 g/mol. The molecule has 3 aromatic carbocycles. The number of hydrogen-bond donors (Lipinski definition) is 0. The van der Waals surface area contributed by atoms with Gasteiger partial charge in [0.25, 0.3) is 0 Å². The van der Waals surface area contributed by atoms with Crippen molar-refractivity contribution in [3.63, 3.8) is 0 Å². The molecule has 0 bridgehead atoms. The summed E-state index contributed by atoms with van der Waals surface area (Å²) in [5.41, 5.74) is 5.11. The Morgan fingerprint density at radius 2 is 0.893 bits per heavy atom. The topological polar surface area (TPSA) is 0 Å². The molecule has 146 valence electrons. The van der Waals surface area contributed by atoms with Gasteiger partial charge in [0.1, 0.15) is 0 Å². The van der Waals surface area contributed by atoms with Crippen molar-refractivity contribution >= 4 is 58.4 Å². The van der Waals surface area contributed by atoms with E-state index >= 15 is 0 Å². The Labute approximate surface area is 188 Å². The summed E-state index contributed by atoms with van der Waals surface area (Å²) in [7, 11) is -2.75. The standard InChI is InChI=1S/C24H28Br2Si2/c1-27(2,3)23-13-19(11-21(25)15-23)17-8-7-9-18(10-17)20-12-22(26)16-24(14-20)28(4,5)6/h7-16H,1-6H3. The van der Waals surface area contributed by atoms with Crippen LogP contribution in [0.25, 0.3) is 22.3 Å². The summed E-state index contributed by atoms with van der Waals surface area (Å²) < 4.78 is 2.33. The summed E-state index contributed by atoms with van der Waals surface area (Å²) in [5.74, 6) is 0. The molecule has 0 saturated heterocycles. The van der Waals surface area contributed by atoms with Crippen molar-refractivity contribution in [2.45, 2.75) is 39.3 Å². The highest BCUT2D eigenvalue weighted by Crippen LogP contribution is 2.29. The van der Waals surface area contributed by atoms with Crippen LogP contribution < -0.4 is 10.4 Å². The molecule has 0 amide bonds. The van der Waals surface area contributed by atoms with E-state index in [0.717, 1.165) is 8.95 Å². The summed E-state index contributed by atoms with van der Waals surface area (Å²) in [6.45, 7) is 14.4. The van der Waals surface area contributed by atoms with Crippen LogP contribution >= 0.6 is 31.9 Å². The first-order valence-electron chi connectivity index (χ1n) is 9.66. The number of hydrogen-bond acceptors (Lipinski definition) is 0. The molecule has 3 rings (SSSR count). The van der Waals surface area contributed by atoms with Crippen molar-refractivity contribution in [3.05, 3.63) is 69.6 Å². The fourth-order valence-corrected chi connectivity index (χ4v) is 7.02. The lowest BCUT2D eigenvalue weighted by molar-refractivity contribution is 1.56. The summed E-state index contributed by atoms with van der Waals surface area (Å²) in [5, 5.41) is 2.96. The highest BCUT2D eigenvalue weighted by atomic mass is 79.9. The number of halogens is 2. The number of rotatable bonds is 4. The zero-order chi connectivity index (χ0) is 20.7. The first-order chi connectivity index (χ1) is 12.9. The molecule has 0 atom stereocenters. The third-order valence-corrected chi connectivity index (χ3v) is 10.0. The third-order valence-electron chi connectivity index (χ3n) is 5.06. The predicted molar refractivity (Wildman–Crippen MR) is 139 cm³/mol. The average Bonchev–Trinajstić information content (AvgIpc) is 2.59. The van der Waals surface area contributed by atoms with Crippen molar-refractivity contribution in [2.24, 2.45) is 0 Å². The van der Waals surface area contributed by atoms with Gasteiger partial charge in [0, 0.05) is 8.95 Å². The smallest absolute Gasteiger partial charge is 0.0656 e. The van der Waals surface area contributed by atoms with E-state index in [0.29, 0.717) is 0 Å². The van der Waals surface area contributed by atoms with Crippen molar-refractivity contribution in [3.8, 4) is 22.3 Å². The molecule has 28 heavy (non-hydrogen) atoms. The minimum atomic E-state index is -1.37. The molecule has 0 unspecified atom stereocenters. The molecule has 0 aliphatic rings. The summed E-state index contributed by atoms with van der Waals surface area (Å²) >= 11 is 7.46. The maximum absolute atomic E-state index is 3.73. The highest BCUT2D eigenvalue weighted by molar-refractivity contribution is 9.10. The second-order valence-electron chi connectivity index (χ2n) is 9.54. The first kappa shape index (κ1) is 21.8. The Morgan fingerprint density at radius 1 is 0.500 bits per heavy atom. The largest absolute Gasteiger partial charge is 0.0776 e. The van der Waals surface area contributed by atoms with Crippen LogP contribution in [0.4, 0.5) is 0 Å². The Hall–Kier alpha value is -0.946. The molecule has 3 aromatic rings. The van der Waals surface area contributed by atoms with Gasteiger partial charge < -0.3 is 0 Å². The summed E-state index contributed by atoms with van der Waals surface area (Å²) in [4.78, 5) is 0. The molecule has 0 N–H and O–H groups in total. The van der Waals surface area contributed by atoms with E-state index in [1.165, 1.54) is 32.6 Å². The number of benzene rings is 3. The predicted octanol–water partition coefficient (Wildman–Crippen LogP) is 7.64. The van der Waals surface area contributed by atoms with Gasteiger partial charge in [-0.1, -0.05) is 112 Å². The van der Waals surface area contributed by atoms with Crippen LogP contribution in [0.3, 0.4) is 0 Å². The maximum atomic E-state index is 3.73. The van der Waals surface area contributed by atoms with Gasteiger partial charge in [-0.15, -0.1) is 0 Å². The Balaban J connectivity index is 2.10. The van der Waals surface area contributed by atoms with Crippen LogP contribution in [0.5, 0.6) is 0 Å². The normalized spacial score (nSPS) is 12.3. The molecule has 0 aliphatic carbocycles. The Morgan fingerprint density at radius 3 is 1.25 bits per heavy atom. The fourth-order valence-electron chi connectivity index (χ4n) is 3.26. The van der Waals surface area contributed by atoms with Crippen LogP contribution in [0.2, 0.25) is 39.3 Å². The van der Waals surface area contributed by atoms with E-state index in [1.54, 1.807) is 0 Å². The van der Waals surface area contributed by atoms with Gasteiger partial charge in [0.2, 0.25) is 0 Å². The lowest BCUT2D eigenvalue weighted by Crippen LogP contribution is -2.37. The van der Waals surface area contributed by atoms with Gasteiger partial charge in [-0.25, -0.2) is 0 Å². The van der Waals surface area contributed by atoms with Crippen molar-refractivity contribution in [2.75, 3.05) is 0 Å².